The van der Waals surface area contributed by atoms with E-state index in [0.717, 1.165) is 23.5 Å². The number of nitrogen functional groups attached to an aromatic ring is 1. The first kappa shape index (κ1) is 11.8. The van der Waals surface area contributed by atoms with Crippen LogP contribution in [0.4, 0.5) is 17.1 Å². The van der Waals surface area contributed by atoms with E-state index in [-0.39, 0.29) is 0 Å². The van der Waals surface area contributed by atoms with Crippen molar-refractivity contribution >= 4 is 28.4 Å². The summed E-state index contributed by atoms with van der Waals surface area (Å²) >= 11 is 1.66. The minimum Gasteiger partial charge on any atom is -0.493 e. The summed E-state index contributed by atoms with van der Waals surface area (Å²) in [6, 6.07) is 7.73. The van der Waals surface area contributed by atoms with E-state index < -0.39 is 0 Å². The average molecular weight is 248 g/mol. The maximum Gasteiger partial charge on any atom is 0.123 e. The maximum atomic E-state index is 5.84. The van der Waals surface area contributed by atoms with Crippen LogP contribution >= 0.6 is 11.3 Å². The first-order chi connectivity index (χ1) is 8.28. The van der Waals surface area contributed by atoms with Crippen molar-refractivity contribution in [3.05, 3.63) is 35.0 Å². The molecular weight excluding hydrogens is 232 g/mol. The highest BCUT2D eigenvalue weighted by molar-refractivity contribution is 7.08. The Morgan fingerprint density at radius 3 is 2.88 bits per heavy atom. The van der Waals surface area contributed by atoms with Crippen LogP contribution in [0.25, 0.3) is 0 Å². The predicted molar refractivity (Wildman–Crippen MR) is 74.2 cm³/mol. The molecule has 0 unspecified atom stereocenters. The SMILES string of the molecule is CCCOc1cc(N)cc(Nc2ccsc2)c1. The topological polar surface area (TPSA) is 47.3 Å². The minimum absolute atomic E-state index is 0.705. The van der Waals surface area contributed by atoms with Crippen LogP contribution in [0.2, 0.25) is 0 Å². The minimum atomic E-state index is 0.705. The molecule has 1 heterocycles. The third-order valence-electron chi connectivity index (χ3n) is 2.21. The van der Waals surface area contributed by atoms with Gasteiger partial charge in [-0.1, -0.05) is 6.92 Å². The number of nitrogens with two attached hydrogens (primary N) is 1. The maximum absolute atomic E-state index is 5.84. The summed E-state index contributed by atoms with van der Waals surface area (Å²) in [4.78, 5) is 0. The summed E-state index contributed by atoms with van der Waals surface area (Å²) in [6.07, 6.45) is 0.988. The number of hydrogen-bond acceptors (Lipinski definition) is 4. The molecule has 0 fully saturated rings. The molecule has 90 valence electrons. The quantitative estimate of drug-likeness (QED) is 0.790. The predicted octanol–water partition coefficient (Wildman–Crippen LogP) is 3.86. The van der Waals surface area contributed by atoms with Crippen molar-refractivity contribution in [1.29, 1.82) is 0 Å². The number of ether oxygens (including phenoxy) is 1. The molecule has 0 aliphatic rings. The molecule has 0 atom stereocenters. The van der Waals surface area contributed by atoms with Gasteiger partial charge in [0.25, 0.3) is 0 Å². The van der Waals surface area contributed by atoms with Gasteiger partial charge >= 0.3 is 0 Å². The van der Waals surface area contributed by atoms with E-state index >= 15 is 0 Å². The molecule has 2 aromatic rings. The third-order valence-corrected chi connectivity index (χ3v) is 2.89. The molecular formula is C13H16N2OS. The van der Waals surface area contributed by atoms with Crippen LogP contribution in [-0.4, -0.2) is 6.61 Å². The van der Waals surface area contributed by atoms with Gasteiger partial charge < -0.3 is 15.8 Å². The van der Waals surface area contributed by atoms with Crippen LogP contribution in [0.1, 0.15) is 13.3 Å². The van der Waals surface area contributed by atoms with Gasteiger partial charge in [0.2, 0.25) is 0 Å². The smallest absolute Gasteiger partial charge is 0.123 e. The highest BCUT2D eigenvalue weighted by Crippen LogP contribution is 2.26. The number of hydrogen-bond donors (Lipinski definition) is 2. The number of anilines is 3. The Balaban J connectivity index is 2.13. The van der Waals surface area contributed by atoms with Gasteiger partial charge in [-0.15, -0.1) is 0 Å². The van der Waals surface area contributed by atoms with Crippen LogP contribution in [0, 0.1) is 0 Å². The van der Waals surface area contributed by atoms with Crippen molar-refractivity contribution in [1.82, 2.24) is 0 Å². The van der Waals surface area contributed by atoms with Gasteiger partial charge in [-0.25, -0.2) is 0 Å². The summed E-state index contributed by atoms with van der Waals surface area (Å²) < 4.78 is 5.58. The lowest BCUT2D eigenvalue weighted by Crippen LogP contribution is -1.98. The molecule has 1 aromatic heterocycles. The Morgan fingerprint density at radius 1 is 1.29 bits per heavy atom. The first-order valence-corrected chi connectivity index (χ1v) is 6.55. The average Bonchev–Trinajstić information content (AvgIpc) is 2.78. The van der Waals surface area contributed by atoms with E-state index in [4.69, 9.17) is 10.5 Å². The lowest BCUT2D eigenvalue weighted by atomic mass is 10.2. The standard InChI is InChI=1S/C13H16N2OS/c1-2-4-16-13-7-10(14)6-12(8-13)15-11-3-5-17-9-11/h3,5-9,15H,2,4,14H2,1H3. The zero-order valence-electron chi connectivity index (χ0n) is 9.77. The van der Waals surface area contributed by atoms with Gasteiger partial charge in [0, 0.05) is 34.6 Å². The van der Waals surface area contributed by atoms with E-state index in [1.807, 2.05) is 29.6 Å². The second kappa shape index (κ2) is 5.59. The molecule has 2 rings (SSSR count). The largest absolute Gasteiger partial charge is 0.493 e. The molecule has 0 saturated carbocycles. The van der Waals surface area contributed by atoms with E-state index in [2.05, 4.69) is 17.6 Å². The molecule has 0 aliphatic carbocycles. The second-order valence-electron chi connectivity index (χ2n) is 3.78. The van der Waals surface area contributed by atoms with E-state index in [1.54, 1.807) is 11.3 Å². The van der Waals surface area contributed by atoms with Crippen molar-refractivity contribution in [3.8, 4) is 5.75 Å². The van der Waals surface area contributed by atoms with Gasteiger partial charge in [0.05, 0.1) is 6.61 Å². The molecule has 3 nitrogen and oxygen atoms in total. The fourth-order valence-corrected chi connectivity index (χ4v) is 2.09. The molecule has 0 amide bonds. The highest BCUT2D eigenvalue weighted by Gasteiger charge is 2.01. The Morgan fingerprint density at radius 2 is 2.18 bits per heavy atom. The van der Waals surface area contributed by atoms with E-state index in [1.165, 1.54) is 0 Å². The lowest BCUT2D eigenvalue weighted by Gasteiger charge is -2.10. The molecule has 4 heteroatoms. The summed E-state index contributed by atoms with van der Waals surface area (Å²) in [7, 11) is 0. The van der Waals surface area contributed by atoms with Crippen molar-refractivity contribution < 1.29 is 4.74 Å². The van der Waals surface area contributed by atoms with Gasteiger partial charge in [-0.05, 0) is 23.9 Å². The van der Waals surface area contributed by atoms with Crippen molar-refractivity contribution in [2.45, 2.75) is 13.3 Å². The molecule has 0 saturated heterocycles. The molecule has 0 spiro atoms. The monoisotopic (exact) mass is 248 g/mol. The molecule has 1 aromatic carbocycles. The van der Waals surface area contributed by atoms with Gasteiger partial charge in [-0.3, -0.25) is 0 Å². The van der Waals surface area contributed by atoms with Gasteiger partial charge in [0.15, 0.2) is 0 Å². The Bertz CT molecular complexity index is 468. The fraction of sp³-hybridized carbons (Fsp3) is 0.231. The van der Waals surface area contributed by atoms with E-state index in [9.17, 15) is 0 Å². The number of thiophene rings is 1. The first-order valence-electron chi connectivity index (χ1n) is 5.60. The molecule has 17 heavy (non-hydrogen) atoms. The Labute approximate surface area is 105 Å². The van der Waals surface area contributed by atoms with Gasteiger partial charge in [0.1, 0.15) is 5.75 Å². The third kappa shape index (κ3) is 3.39. The summed E-state index contributed by atoms with van der Waals surface area (Å²) in [6.45, 7) is 2.79. The van der Waals surface area contributed by atoms with Crippen LogP contribution in [0.15, 0.2) is 35.0 Å². The number of nitrogens with one attached hydrogen (secondary N) is 1. The van der Waals surface area contributed by atoms with E-state index in [0.29, 0.717) is 12.3 Å². The summed E-state index contributed by atoms with van der Waals surface area (Å²) in [5.41, 5.74) is 8.57. The molecule has 0 bridgehead atoms. The zero-order valence-corrected chi connectivity index (χ0v) is 10.6. The van der Waals surface area contributed by atoms with Crippen molar-refractivity contribution in [3.63, 3.8) is 0 Å². The second-order valence-corrected chi connectivity index (χ2v) is 4.56. The van der Waals surface area contributed by atoms with Crippen molar-refractivity contribution in [2.24, 2.45) is 0 Å². The zero-order chi connectivity index (χ0) is 12.1. The van der Waals surface area contributed by atoms with Crippen LogP contribution in [0.5, 0.6) is 5.75 Å². The molecule has 3 N–H and O–H groups in total. The van der Waals surface area contributed by atoms with Crippen LogP contribution in [0.3, 0.4) is 0 Å². The van der Waals surface area contributed by atoms with Crippen LogP contribution in [-0.2, 0) is 0 Å². The summed E-state index contributed by atoms with van der Waals surface area (Å²) in [5.74, 6) is 0.810. The normalized spacial score (nSPS) is 10.2. The number of benzene rings is 1. The number of rotatable bonds is 5. The van der Waals surface area contributed by atoms with Gasteiger partial charge in [-0.2, -0.15) is 11.3 Å². The highest BCUT2D eigenvalue weighted by atomic mass is 32.1. The lowest BCUT2D eigenvalue weighted by molar-refractivity contribution is 0.318. The Kier molecular flexibility index (Phi) is 3.88. The molecule has 0 aliphatic heterocycles. The fourth-order valence-electron chi connectivity index (χ4n) is 1.50. The van der Waals surface area contributed by atoms with Crippen LogP contribution < -0.4 is 15.8 Å². The molecule has 0 radical (unpaired) electrons. The van der Waals surface area contributed by atoms with Crippen molar-refractivity contribution in [2.75, 3.05) is 17.7 Å². The summed E-state index contributed by atoms with van der Waals surface area (Å²) in [5, 5.41) is 7.37. The Hall–Kier alpha value is -1.68.